The Hall–Kier alpha value is -3.73. The number of carbonyl (C=O) groups excluding carboxylic acids is 1. The Morgan fingerprint density at radius 2 is 1.51 bits per heavy atom. The van der Waals surface area contributed by atoms with E-state index >= 15 is 0 Å². The first-order valence-electron chi connectivity index (χ1n) is 14.7. The van der Waals surface area contributed by atoms with E-state index in [-0.39, 0.29) is 31.2 Å². The number of cyclic esters (lactones) is 1. The lowest BCUT2D eigenvalue weighted by molar-refractivity contribution is -0.143. The number of benzene rings is 3. The van der Waals surface area contributed by atoms with Crippen LogP contribution in [0.5, 0.6) is 5.75 Å². The molecule has 1 fully saturated rings. The number of halogens is 6. The number of hydrogen-bond acceptors (Lipinski definition) is 4. The van der Waals surface area contributed by atoms with Crippen molar-refractivity contribution in [1.82, 2.24) is 4.90 Å². The van der Waals surface area contributed by atoms with E-state index in [1.807, 2.05) is 32.0 Å². The van der Waals surface area contributed by atoms with Crippen LogP contribution in [0.2, 0.25) is 0 Å². The minimum Gasteiger partial charge on any atom is -0.496 e. The highest BCUT2D eigenvalue weighted by molar-refractivity contribution is 5.77. The second kappa shape index (κ2) is 11.9. The maximum absolute atomic E-state index is 13.5. The van der Waals surface area contributed by atoms with E-state index in [9.17, 15) is 36.2 Å². The summed E-state index contributed by atoms with van der Waals surface area (Å²) in [6.45, 7) is 5.56. The Labute approximate surface area is 257 Å². The Balaban J connectivity index is 1.50. The first-order valence-corrected chi connectivity index (χ1v) is 14.7. The third kappa shape index (κ3) is 6.64. The zero-order chi connectivity index (χ0) is 32.9. The maximum atomic E-state index is 13.5. The van der Waals surface area contributed by atoms with Crippen LogP contribution in [-0.2, 0) is 41.9 Å². The van der Waals surface area contributed by atoms with Crippen molar-refractivity contribution in [1.29, 1.82) is 0 Å². The smallest absolute Gasteiger partial charge is 0.416 e. The number of fused-ring (bicyclic) bond motifs is 1. The highest BCUT2D eigenvalue weighted by Gasteiger charge is 2.40. The Morgan fingerprint density at radius 3 is 2.07 bits per heavy atom. The lowest BCUT2D eigenvalue weighted by atomic mass is 9.83. The number of methoxy groups -OCH3 is 1. The average molecular weight is 636 g/mol. The molecule has 11 heteroatoms. The van der Waals surface area contributed by atoms with Crippen LogP contribution in [0.3, 0.4) is 0 Å². The van der Waals surface area contributed by atoms with Crippen molar-refractivity contribution in [2.24, 2.45) is 0 Å². The lowest BCUT2D eigenvalue weighted by Gasteiger charge is -2.38. The number of rotatable bonds is 7. The molecule has 5 rings (SSSR count). The second-order valence-corrected chi connectivity index (χ2v) is 12.5. The van der Waals surface area contributed by atoms with Gasteiger partial charge in [0.1, 0.15) is 11.9 Å². The van der Waals surface area contributed by atoms with Gasteiger partial charge in [-0.1, -0.05) is 32.0 Å². The number of aliphatic hydroxyl groups is 1. The third-order valence-electron chi connectivity index (χ3n) is 8.87. The van der Waals surface area contributed by atoms with Gasteiger partial charge in [-0.25, -0.2) is 4.79 Å². The molecule has 1 saturated heterocycles. The molecule has 3 aromatic rings. The first kappa shape index (κ1) is 32.7. The first-order chi connectivity index (χ1) is 21.0. The number of nitrogens with zero attached hydrogens (tertiary/aromatic N) is 1. The number of aliphatic hydroxyl groups excluding tert-OH is 1. The molecule has 1 N–H and O–H groups in total. The zero-order valence-electron chi connectivity index (χ0n) is 25.4. The van der Waals surface area contributed by atoms with E-state index in [1.165, 1.54) is 10.5 Å². The summed E-state index contributed by atoms with van der Waals surface area (Å²) in [5.41, 5.74) is 1.83. The molecular formula is C34H35F6NO4. The minimum absolute atomic E-state index is 0.00584. The maximum Gasteiger partial charge on any atom is 0.416 e. The van der Waals surface area contributed by atoms with Gasteiger partial charge in [0.15, 0.2) is 0 Å². The molecule has 2 aliphatic rings. The summed E-state index contributed by atoms with van der Waals surface area (Å²) in [6.07, 6.45) is -9.41. The summed E-state index contributed by atoms with van der Waals surface area (Å²) in [7, 11) is 1.56. The summed E-state index contributed by atoms with van der Waals surface area (Å²) in [4.78, 5) is 14.8. The van der Waals surface area contributed by atoms with E-state index in [1.54, 1.807) is 14.0 Å². The summed E-state index contributed by atoms with van der Waals surface area (Å²) in [5, 5.41) is 10.0. The Kier molecular flexibility index (Phi) is 8.63. The molecule has 0 saturated carbocycles. The molecule has 0 aromatic heterocycles. The fourth-order valence-electron chi connectivity index (χ4n) is 6.11. The van der Waals surface area contributed by atoms with Gasteiger partial charge >= 0.3 is 18.4 Å². The van der Waals surface area contributed by atoms with Crippen LogP contribution in [-0.4, -0.2) is 35.9 Å². The topological polar surface area (TPSA) is 59.0 Å². The Bertz CT molecular complexity index is 1560. The van der Waals surface area contributed by atoms with Crippen LogP contribution in [0, 0.1) is 0 Å². The number of hydrogen-bond donors (Lipinski definition) is 1. The molecule has 1 aliphatic heterocycles. The van der Waals surface area contributed by atoms with Gasteiger partial charge in [0.2, 0.25) is 0 Å². The third-order valence-corrected chi connectivity index (χ3v) is 8.87. The van der Waals surface area contributed by atoms with Gasteiger partial charge in [-0.05, 0) is 89.9 Å². The van der Waals surface area contributed by atoms with Gasteiger partial charge in [0.25, 0.3) is 0 Å². The van der Waals surface area contributed by atoms with E-state index in [0.717, 1.165) is 47.1 Å². The number of aryl methyl sites for hydroxylation is 2. The number of ether oxygens (including phenoxy) is 2. The fraction of sp³-hybridized carbons (Fsp3) is 0.441. The van der Waals surface area contributed by atoms with Gasteiger partial charge in [-0.3, -0.25) is 0 Å². The molecule has 45 heavy (non-hydrogen) atoms. The van der Waals surface area contributed by atoms with Crippen molar-refractivity contribution in [2.45, 2.75) is 82.9 Å². The van der Waals surface area contributed by atoms with Crippen LogP contribution in [0.1, 0.15) is 78.7 Å². The molecule has 0 spiro atoms. The van der Waals surface area contributed by atoms with Gasteiger partial charge in [0.05, 0.1) is 24.8 Å². The number of carbonyl (C=O) groups is 1. The molecule has 1 aliphatic carbocycles. The summed E-state index contributed by atoms with van der Waals surface area (Å²) >= 11 is 0. The van der Waals surface area contributed by atoms with Crippen molar-refractivity contribution in [3.8, 4) is 16.9 Å². The van der Waals surface area contributed by atoms with Gasteiger partial charge in [-0.2, -0.15) is 26.3 Å². The van der Waals surface area contributed by atoms with Crippen molar-refractivity contribution in [2.75, 3.05) is 13.7 Å². The van der Waals surface area contributed by atoms with Crippen LogP contribution < -0.4 is 4.74 Å². The van der Waals surface area contributed by atoms with E-state index < -0.39 is 47.1 Å². The average Bonchev–Trinajstić information content (AvgIpc) is 3.44. The predicted molar refractivity (Wildman–Crippen MR) is 156 cm³/mol. The molecule has 1 amide bonds. The highest BCUT2D eigenvalue weighted by Crippen LogP contribution is 2.43. The highest BCUT2D eigenvalue weighted by atomic mass is 19.4. The van der Waals surface area contributed by atoms with Crippen LogP contribution in [0.15, 0.2) is 48.5 Å². The second-order valence-electron chi connectivity index (χ2n) is 12.5. The summed E-state index contributed by atoms with van der Waals surface area (Å²) in [6, 6.07) is 10.6. The number of alkyl halides is 6. The Morgan fingerprint density at radius 1 is 0.889 bits per heavy atom. The van der Waals surface area contributed by atoms with Crippen LogP contribution >= 0.6 is 0 Å². The van der Waals surface area contributed by atoms with E-state index in [0.29, 0.717) is 17.9 Å². The lowest BCUT2D eigenvalue weighted by Crippen LogP contribution is -2.44. The van der Waals surface area contributed by atoms with Crippen molar-refractivity contribution in [3.05, 3.63) is 87.5 Å². The molecule has 2 atom stereocenters. The SMILES string of the molecule is COc1ccc(C(C)(C)CO)cc1-c1cc2c(cc1CN1C(=O)OC(c3cc(C(F)(F)F)cc(C(F)(F)F)c3)CC1C)CCC2. The quantitative estimate of drug-likeness (QED) is 0.264. The normalized spacial score (nSPS) is 19.0. The minimum atomic E-state index is -5.01. The largest absolute Gasteiger partial charge is 0.496 e. The van der Waals surface area contributed by atoms with Crippen LogP contribution in [0.4, 0.5) is 31.1 Å². The van der Waals surface area contributed by atoms with Crippen LogP contribution in [0.25, 0.3) is 11.1 Å². The monoisotopic (exact) mass is 635 g/mol. The molecule has 2 unspecified atom stereocenters. The van der Waals surface area contributed by atoms with Crippen molar-refractivity contribution < 1.29 is 45.7 Å². The number of amides is 1. The standard InChI is InChI=1S/C34H35F6NO4/c1-19-10-30(22-12-25(33(35,36)37)15-26(13-22)34(38,39)40)45-31(43)41(19)17-23-11-20-6-5-7-21(20)14-27(23)28-16-24(32(2,3)18-42)8-9-29(28)44-4/h8-9,11-16,19,30,42H,5-7,10,17-18H2,1-4H3. The van der Waals surface area contributed by atoms with Crippen molar-refractivity contribution >= 4 is 6.09 Å². The summed E-state index contributed by atoms with van der Waals surface area (Å²) < 4.78 is 92.2. The zero-order valence-corrected chi connectivity index (χ0v) is 25.4. The van der Waals surface area contributed by atoms with Gasteiger partial charge < -0.3 is 19.5 Å². The predicted octanol–water partition coefficient (Wildman–Crippen LogP) is 8.63. The molecule has 0 radical (unpaired) electrons. The molecule has 3 aromatic carbocycles. The molecule has 0 bridgehead atoms. The van der Waals surface area contributed by atoms with E-state index in [4.69, 9.17) is 9.47 Å². The molecule has 5 nitrogen and oxygen atoms in total. The molecule has 1 heterocycles. The molecular weight excluding hydrogens is 600 g/mol. The van der Waals surface area contributed by atoms with E-state index in [2.05, 4.69) is 12.1 Å². The fourth-order valence-corrected chi connectivity index (χ4v) is 6.11. The van der Waals surface area contributed by atoms with Gasteiger partial charge in [0, 0.05) is 30.0 Å². The van der Waals surface area contributed by atoms with Crippen molar-refractivity contribution in [3.63, 3.8) is 0 Å². The summed E-state index contributed by atoms with van der Waals surface area (Å²) in [5.74, 6) is 0.603. The molecule has 242 valence electrons. The van der Waals surface area contributed by atoms with Gasteiger partial charge in [-0.15, -0.1) is 0 Å².